The molecule has 1 aromatic rings. The Labute approximate surface area is 145 Å². The molecular formula is C19H30N4O. The van der Waals surface area contributed by atoms with E-state index in [0.717, 1.165) is 31.5 Å². The number of aromatic nitrogens is 1. The molecule has 2 fully saturated rings. The molecular weight excluding hydrogens is 300 g/mol. The van der Waals surface area contributed by atoms with Gasteiger partial charge in [-0.3, -0.25) is 14.7 Å². The first kappa shape index (κ1) is 17.4. The second-order valence-electron chi connectivity index (χ2n) is 7.42. The minimum Gasteiger partial charge on any atom is -0.341 e. The van der Waals surface area contributed by atoms with E-state index in [-0.39, 0.29) is 11.8 Å². The van der Waals surface area contributed by atoms with Crippen molar-refractivity contribution in [2.24, 2.45) is 5.92 Å². The molecule has 3 rings (SSSR count). The van der Waals surface area contributed by atoms with Crippen molar-refractivity contribution in [1.82, 2.24) is 19.7 Å². The average Bonchev–Trinajstić information content (AvgIpc) is 2.62. The number of rotatable bonds is 4. The molecule has 5 heteroatoms. The van der Waals surface area contributed by atoms with E-state index in [1.165, 1.54) is 25.9 Å². The number of pyridine rings is 1. The van der Waals surface area contributed by atoms with Crippen molar-refractivity contribution in [3.05, 3.63) is 30.1 Å². The van der Waals surface area contributed by atoms with Gasteiger partial charge >= 0.3 is 0 Å². The third-order valence-electron chi connectivity index (χ3n) is 5.53. The van der Waals surface area contributed by atoms with Gasteiger partial charge in [-0.25, -0.2) is 0 Å². The summed E-state index contributed by atoms with van der Waals surface area (Å²) in [6, 6.07) is 4.62. The molecule has 2 aliphatic rings. The SMILES string of the molecule is CN1CCC(N2CCCC(C(=O)N(C)Cc3cccnc3)C2)CC1. The first-order valence-corrected chi connectivity index (χ1v) is 9.20. The van der Waals surface area contributed by atoms with Crippen LogP contribution in [0.5, 0.6) is 0 Å². The Bertz CT molecular complexity index is 527. The van der Waals surface area contributed by atoms with Crippen LogP contribution in [-0.4, -0.2) is 71.9 Å². The number of amides is 1. The lowest BCUT2D eigenvalue weighted by atomic mass is 9.93. The van der Waals surface area contributed by atoms with Gasteiger partial charge in [0.2, 0.25) is 5.91 Å². The molecule has 0 saturated carbocycles. The van der Waals surface area contributed by atoms with Crippen LogP contribution in [0.3, 0.4) is 0 Å². The highest BCUT2D eigenvalue weighted by Crippen LogP contribution is 2.25. The lowest BCUT2D eigenvalue weighted by Crippen LogP contribution is -2.50. The lowest BCUT2D eigenvalue weighted by Gasteiger charge is -2.41. The van der Waals surface area contributed by atoms with Crippen LogP contribution in [0.1, 0.15) is 31.2 Å². The summed E-state index contributed by atoms with van der Waals surface area (Å²) < 4.78 is 0. The van der Waals surface area contributed by atoms with Gasteiger partial charge in [0, 0.05) is 38.6 Å². The van der Waals surface area contributed by atoms with E-state index in [2.05, 4.69) is 21.8 Å². The average molecular weight is 330 g/mol. The number of nitrogens with zero attached hydrogens (tertiary/aromatic N) is 4. The monoisotopic (exact) mass is 330 g/mol. The first-order valence-electron chi connectivity index (χ1n) is 9.20. The second kappa shape index (κ2) is 8.08. The van der Waals surface area contributed by atoms with E-state index >= 15 is 0 Å². The number of carbonyl (C=O) groups excluding carboxylic acids is 1. The number of hydrogen-bond acceptors (Lipinski definition) is 4. The Hall–Kier alpha value is -1.46. The number of hydrogen-bond donors (Lipinski definition) is 0. The predicted molar refractivity (Wildman–Crippen MR) is 95.5 cm³/mol. The zero-order valence-electron chi connectivity index (χ0n) is 15.0. The Morgan fingerprint density at radius 1 is 1.29 bits per heavy atom. The van der Waals surface area contributed by atoms with Crippen molar-refractivity contribution < 1.29 is 4.79 Å². The Kier molecular flexibility index (Phi) is 5.85. The maximum absolute atomic E-state index is 12.9. The lowest BCUT2D eigenvalue weighted by molar-refractivity contribution is -0.137. The Morgan fingerprint density at radius 2 is 2.08 bits per heavy atom. The molecule has 2 aliphatic heterocycles. The normalized spacial score (nSPS) is 24.0. The third-order valence-corrected chi connectivity index (χ3v) is 5.53. The van der Waals surface area contributed by atoms with Crippen LogP contribution in [0.25, 0.3) is 0 Å². The van der Waals surface area contributed by atoms with Gasteiger partial charge in [0.25, 0.3) is 0 Å². The summed E-state index contributed by atoms with van der Waals surface area (Å²) >= 11 is 0. The van der Waals surface area contributed by atoms with Crippen LogP contribution in [0, 0.1) is 5.92 Å². The van der Waals surface area contributed by atoms with Crippen LogP contribution in [0.4, 0.5) is 0 Å². The molecule has 2 saturated heterocycles. The molecule has 132 valence electrons. The summed E-state index contributed by atoms with van der Waals surface area (Å²) in [7, 11) is 4.12. The molecule has 24 heavy (non-hydrogen) atoms. The molecule has 0 spiro atoms. The van der Waals surface area contributed by atoms with E-state index in [4.69, 9.17) is 0 Å². The molecule has 0 bridgehead atoms. The van der Waals surface area contributed by atoms with E-state index in [0.29, 0.717) is 12.6 Å². The van der Waals surface area contributed by atoms with E-state index in [9.17, 15) is 4.79 Å². The fourth-order valence-corrected chi connectivity index (χ4v) is 4.05. The maximum Gasteiger partial charge on any atom is 0.227 e. The smallest absolute Gasteiger partial charge is 0.227 e. The summed E-state index contributed by atoms with van der Waals surface area (Å²) in [6.07, 6.45) is 8.26. The topological polar surface area (TPSA) is 39.7 Å². The molecule has 0 N–H and O–H groups in total. The van der Waals surface area contributed by atoms with Crippen molar-refractivity contribution in [2.75, 3.05) is 40.3 Å². The summed E-state index contributed by atoms with van der Waals surface area (Å²) in [6.45, 7) is 5.11. The van der Waals surface area contributed by atoms with Crippen LogP contribution in [-0.2, 0) is 11.3 Å². The van der Waals surface area contributed by atoms with Gasteiger partial charge in [-0.05, 0) is 64.0 Å². The number of likely N-dealkylation sites (tertiary alicyclic amines) is 2. The van der Waals surface area contributed by atoms with Gasteiger partial charge in [-0.2, -0.15) is 0 Å². The molecule has 1 amide bonds. The van der Waals surface area contributed by atoms with E-state index < -0.39 is 0 Å². The van der Waals surface area contributed by atoms with Crippen molar-refractivity contribution in [2.45, 2.75) is 38.3 Å². The van der Waals surface area contributed by atoms with E-state index in [1.54, 1.807) is 6.20 Å². The van der Waals surface area contributed by atoms with Crippen molar-refractivity contribution in [3.63, 3.8) is 0 Å². The Morgan fingerprint density at radius 3 is 2.79 bits per heavy atom. The highest BCUT2D eigenvalue weighted by Gasteiger charge is 2.32. The van der Waals surface area contributed by atoms with Crippen molar-refractivity contribution in [3.8, 4) is 0 Å². The number of piperidine rings is 2. The van der Waals surface area contributed by atoms with Crippen LogP contribution in [0.2, 0.25) is 0 Å². The van der Waals surface area contributed by atoms with Crippen LogP contribution < -0.4 is 0 Å². The fourth-order valence-electron chi connectivity index (χ4n) is 4.05. The fraction of sp³-hybridized carbons (Fsp3) is 0.684. The largest absolute Gasteiger partial charge is 0.341 e. The van der Waals surface area contributed by atoms with Crippen LogP contribution >= 0.6 is 0 Å². The summed E-state index contributed by atoms with van der Waals surface area (Å²) in [5.41, 5.74) is 1.09. The molecule has 0 aliphatic carbocycles. The van der Waals surface area contributed by atoms with Crippen molar-refractivity contribution in [1.29, 1.82) is 0 Å². The quantitative estimate of drug-likeness (QED) is 0.845. The van der Waals surface area contributed by atoms with Gasteiger partial charge in [0.15, 0.2) is 0 Å². The maximum atomic E-state index is 12.9. The van der Waals surface area contributed by atoms with Gasteiger partial charge < -0.3 is 9.80 Å². The Balaban J connectivity index is 1.54. The third kappa shape index (κ3) is 4.33. The van der Waals surface area contributed by atoms with Gasteiger partial charge in [-0.1, -0.05) is 6.07 Å². The minimum atomic E-state index is 0.153. The van der Waals surface area contributed by atoms with Gasteiger partial charge in [0.05, 0.1) is 5.92 Å². The van der Waals surface area contributed by atoms with Gasteiger partial charge in [-0.15, -0.1) is 0 Å². The molecule has 0 radical (unpaired) electrons. The standard InChI is InChI=1S/C19H30N4O/c1-21-11-7-18(8-12-21)23-10-4-6-17(15-23)19(24)22(2)14-16-5-3-9-20-13-16/h3,5,9,13,17-18H,4,6-8,10-12,14-15H2,1-2H3. The molecule has 3 heterocycles. The summed E-state index contributed by atoms with van der Waals surface area (Å²) in [4.78, 5) is 23.9. The summed E-state index contributed by atoms with van der Waals surface area (Å²) in [5, 5.41) is 0. The van der Waals surface area contributed by atoms with E-state index in [1.807, 2.05) is 30.3 Å². The summed E-state index contributed by atoms with van der Waals surface area (Å²) in [5.74, 6) is 0.441. The van der Waals surface area contributed by atoms with Crippen molar-refractivity contribution >= 4 is 5.91 Å². The van der Waals surface area contributed by atoms with Crippen LogP contribution in [0.15, 0.2) is 24.5 Å². The predicted octanol–water partition coefficient (Wildman–Crippen LogP) is 1.85. The molecule has 1 unspecified atom stereocenters. The minimum absolute atomic E-state index is 0.153. The molecule has 1 atom stereocenters. The first-order chi connectivity index (χ1) is 11.6. The zero-order valence-corrected chi connectivity index (χ0v) is 15.0. The zero-order chi connectivity index (χ0) is 16.9. The second-order valence-corrected chi connectivity index (χ2v) is 7.42. The molecule has 0 aromatic carbocycles. The van der Waals surface area contributed by atoms with Gasteiger partial charge in [0.1, 0.15) is 0 Å². The highest BCUT2D eigenvalue weighted by atomic mass is 16.2. The molecule has 1 aromatic heterocycles. The highest BCUT2D eigenvalue weighted by molar-refractivity contribution is 5.78. The molecule has 5 nitrogen and oxygen atoms in total. The number of carbonyl (C=O) groups is 1.